The molecule has 1 aliphatic rings. The molecule has 0 bridgehead atoms. The summed E-state index contributed by atoms with van der Waals surface area (Å²) in [5, 5.41) is 3.78. The van der Waals surface area contributed by atoms with Crippen molar-refractivity contribution in [2.75, 3.05) is 16.8 Å². The van der Waals surface area contributed by atoms with Crippen LogP contribution in [0.2, 0.25) is 10.0 Å². The largest absolute Gasteiger partial charge is 0.326 e. The van der Waals surface area contributed by atoms with Gasteiger partial charge in [0.15, 0.2) is 0 Å². The van der Waals surface area contributed by atoms with Gasteiger partial charge in [0.05, 0.1) is 16.6 Å². The van der Waals surface area contributed by atoms with E-state index in [1.54, 1.807) is 23.1 Å². The average Bonchev–Trinajstić information content (AvgIpc) is 2.97. The summed E-state index contributed by atoms with van der Waals surface area (Å²) in [7, 11) is 0. The van der Waals surface area contributed by atoms with Gasteiger partial charge in [0.25, 0.3) is 0 Å². The number of carbonyl (C=O) groups excluding carboxylic acids is 2. The lowest BCUT2D eigenvalue weighted by atomic mass is 10.1. The minimum atomic E-state index is -0.412. The fraction of sp³-hybridized carbons (Fsp3) is 0.263. The van der Waals surface area contributed by atoms with E-state index in [4.69, 9.17) is 23.2 Å². The second-order valence-corrected chi connectivity index (χ2v) is 6.88. The van der Waals surface area contributed by atoms with Crippen molar-refractivity contribution in [1.29, 1.82) is 0 Å². The van der Waals surface area contributed by atoms with E-state index in [-0.39, 0.29) is 18.2 Å². The summed E-state index contributed by atoms with van der Waals surface area (Å²) < 4.78 is 0. The predicted octanol–water partition coefficient (Wildman–Crippen LogP) is 4.55. The molecule has 4 nitrogen and oxygen atoms in total. The first-order valence-corrected chi connectivity index (χ1v) is 8.88. The van der Waals surface area contributed by atoms with Crippen molar-refractivity contribution in [1.82, 2.24) is 0 Å². The summed E-state index contributed by atoms with van der Waals surface area (Å²) in [5.41, 5.74) is 2.52. The Morgan fingerprint density at radius 3 is 2.56 bits per heavy atom. The van der Waals surface area contributed by atoms with E-state index in [9.17, 15) is 9.59 Å². The lowest BCUT2D eigenvalue weighted by Gasteiger charge is -2.18. The highest BCUT2D eigenvalue weighted by Gasteiger charge is 2.36. The van der Waals surface area contributed by atoms with Crippen LogP contribution < -0.4 is 10.2 Å². The van der Waals surface area contributed by atoms with Crippen LogP contribution in [0.25, 0.3) is 0 Å². The van der Waals surface area contributed by atoms with Gasteiger partial charge in [-0.15, -0.1) is 0 Å². The SMILES string of the molecule is CCc1ccc(NC(=O)C2CC(=O)N(c3ccc(Cl)cc3Cl)C2)cc1. The van der Waals surface area contributed by atoms with Gasteiger partial charge < -0.3 is 10.2 Å². The molecule has 2 aromatic carbocycles. The number of hydrogen-bond acceptors (Lipinski definition) is 2. The molecule has 1 atom stereocenters. The zero-order valence-corrected chi connectivity index (χ0v) is 15.3. The molecule has 1 N–H and O–H groups in total. The quantitative estimate of drug-likeness (QED) is 0.850. The maximum atomic E-state index is 12.5. The molecular weight excluding hydrogens is 359 g/mol. The molecule has 1 unspecified atom stereocenters. The zero-order valence-electron chi connectivity index (χ0n) is 13.8. The van der Waals surface area contributed by atoms with E-state index in [0.29, 0.717) is 22.3 Å². The number of nitrogens with zero attached hydrogens (tertiary/aromatic N) is 1. The molecule has 6 heteroatoms. The molecular formula is C19H18Cl2N2O2. The lowest BCUT2D eigenvalue weighted by molar-refractivity contribution is -0.122. The average molecular weight is 377 g/mol. The first kappa shape index (κ1) is 17.8. The standard InChI is InChI=1S/C19H18Cl2N2O2/c1-2-12-3-6-15(7-4-12)22-19(25)13-9-18(24)23(11-13)17-8-5-14(20)10-16(17)21/h3-8,10,13H,2,9,11H2,1H3,(H,22,25). The van der Waals surface area contributed by atoms with Crippen molar-refractivity contribution in [2.24, 2.45) is 5.92 Å². The van der Waals surface area contributed by atoms with Crippen molar-refractivity contribution in [3.8, 4) is 0 Å². The second kappa shape index (κ2) is 7.46. The normalized spacial score (nSPS) is 17.0. The predicted molar refractivity (Wildman–Crippen MR) is 101 cm³/mol. The number of anilines is 2. The summed E-state index contributed by atoms with van der Waals surface area (Å²) in [6, 6.07) is 12.7. The fourth-order valence-electron chi connectivity index (χ4n) is 2.88. The van der Waals surface area contributed by atoms with Crippen LogP contribution in [0, 0.1) is 5.92 Å². The second-order valence-electron chi connectivity index (χ2n) is 6.04. The summed E-state index contributed by atoms with van der Waals surface area (Å²) in [5.74, 6) is -0.694. The summed E-state index contributed by atoms with van der Waals surface area (Å²) in [6.45, 7) is 2.38. The van der Waals surface area contributed by atoms with Crippen LogP contribution in [-0.2, 0) is 16.0 Å². The molecule has 2 amide bonds. The zero-order chi connectivity index (χ0) is 18.0. The van der Waals surface area contributed by atoms with Crippen LogP contribution in [0.4, 0.5) is 11.4 Å². The van der Waals surface area contributed by atoms with E-state index >= 15 is 0 Å². The highest BCUT2D eigenvalue weighted by molar-refractivity contribution is 6.36. The van der Waals surface area contributed by atoms with Crippen molar-refractivity contribution in [3.63, 3.8) is 0 Å². The Balaban J connectivity index is 1.69. The van der Waals surface area contributed by atoms with Gasteiger partial charge in [-0.25, -0.2) is 0 Å². The Labute approximate surface area is 156 Å². The van der Waals surface area contributed by atoms with Crippen LogP contribution >= 0.6 is 23.2 Å². The number of benzene rings is 2. The van der Waals surface area contributed by atoms with Crippen molar-refractivity contribution >= 4 is 46.4 Å². The number of nitrogens with one attached hydrogen (secondary N) is 1. The van der Waals surface area contributed by atoms with Gasteiger partial charge in [0.2, 0.25) is 11.8 Å². The number of hydrogen-bond donors (Lipinski definition) is 1. The van der Waals surface area contributed by atoms with Crippen molar-refractivity contribution < 1.29 is 9.59 Å². The third-order valence-electron chi connectivity index (χ3n) is 4.33. The van der Waals surface area contributed by atoms with Crippen LogP contribution in [-0.4, -0.2) is 18.4 Å². The maximum Gasteiger partial charge on any atom is 0.229 e. The first-order valence-electron chi connectivity index (χ1n) is 8.13. The van der Waals surface area contributed by atoms with E-state index in [2.05, 4.69) is 12.2 Å². The number of amides is 2. The van der Waals surface area contributed by atoms with Gasteiger partial charge in [-0.1, -0.05) is 42.3 Å². The Morgan fingerprint density at radius 1 is 1.20 bits per heavy atom. The molecule has 0 radical (unpaired) electrons. The molecule has 1 fully saturated rings. The topological polar surface area (TPSA) is 49.4 Å². The van der Waals surface area contributed by atoms with Gasteiger partial charge >= 0.3 is 0 Å². The summed E-state index contributed by atoms with van der Waals surface area (Å²) in [4.78, 5) is 26.3. The maximum absolute atomic E-state index is 12.5. The van der Waals surface area contributed by atoms with Gasteiger partial charge in [-0.2, -0.15) is 0 Å². The number of rotatable bonds is 4. The molecule has 25 heavy (non-hydrogen) atoms. The van der Waals surface area contributed by atoms with Gasteiger partial charge in [0, 0.05) is 23.7 Å². The number of aryl methyl sites for hydroxylation is 1. The number of halogens is 2. The third-order valence-corrected chi connectivity index (χ3v) is 4.86. The van der Waals surface area contributed by atoms with Gasteiger partial charge in [0.1, 0.15) is 0 Å². The van der Waals surface area contributed by atoms with E-state index in [0.717, 1.165) is 12.1 Å². The molecule has 1 heterocycles. The van der Waals surface area contributed by atoms with Gasteiger partial charge in [-0.3, -0.25) is 9.59 Å². The molecule has 1 aliphatic heterocycles. The first-order chi connectivity index (χ1) is 12.0. The number of carbonyl (C=O) groups is 2. The van der Waals surface area contributed by atoms with Crippen molar-refractivity contribution in [2.45, 2.75) is 19.8 Å². The highest BCUT2D eigenvalue weighted by Crippen LogP contribution is 2.33. The van der Waals surface area contributed by atoms with Crippen molar-refractivity contribution in [3.05, 3.63) is 58.1 Å². The van der Waals surface area contributed by atoms with E-state index < -0.39 is 5.92 Å². The molecule has 130 valence electrons. The molecule has 3 rings (SSSR count). The van der Waals surface area contributed by atoms with Crippen LogP contribution in [0.3, 0.4) is 0 Å². The summed E-state index contributed by atoms with van der Waals surface area (Å²) >= 11 is 12.1. The summed E-state index contributed by atoms with van der Waals surface area (Å²) in [6.07, 6.45) is 1.11. The minimum Gasteiger partial charge on any atom is -0.326 e. The molecule has 2 aromatic rings. The van der Waals surface area contributed by atoms with Gasteiger partial charge in [-0.05, 0) is 42.3 Å². The Bertz CT molecular complexity index is 806. The van der Waals surface area contributed by atoms with Crippen LogP contribution in [0.1, 0.15) is 18.9 Å². The monoisotopic (exact) mass is 376 g/mol. The van der Waals surface area contributed by atoms with Crippen LogP contribution in [0.15, 0.2) is 42.5 Å². The fourth-order valence-corrected chi connectivity index (χ4v) is 3.39. The molecule has 0 aliphatic carbocycles. The Kier molecular flexibility index (Phi) is 5.30. The molecule has 0 spiro atoms. The van der Waals surface area contributed by atoms with Crippen LogP contribution in [0.5, 0.6) is 0 Å². The molecule has 0 saturated carbocycles. The molecule has 0 aromatic heterocycles. The third kappa shape index (κ3) is 3.97. The van der Waals surface area contributed by atoms with E-state index in [1.165, 1.54) is 5.56 Å². The lowest BCUT2D eigenvalue weighted by Crippen LogP contribution is -2.28. The molecule has 1 saturated heterocycles. The van der Waals surface area contributed by atoms with E-state index in [1.807, 2.05) is 24.3 Å². The minimum absolute atomic E-state index is 0.120. The Hall–Kier alpha value is -2.04. The smallest absolute Gasteiger partial charge is 0.229 e. The highest BCUT2D eigenvalue weighted by atomic mass is 35.5. The Morgan fingerprint density at radius 2 is 1.92 bits per heavy atom.